The summed E-state index contributed by atoms with van der Waals surface area (Å²) < 4.78 is 23.2. The Morgan fingerprint density at radius 3 is 2.30 bits per heavy atom. The first-order valence-electron chi connectivity index (χ1n) is 1.90. The summed E-state index contributed by atoms with van der Waals surface area (Å²) in [6.45, 7) is 0. The average Bonchev–Trinajstić information content (AvgIpc) is 1.82. The first-order chi connectivity index (χ1) is 4.54. The molecule has 6 N–H and O–H groups in total. The maximum absolute atomic E-state index is 9.72. The van der Waals surface area contributed by atoms with Crippen LogP contribution >= 0.6 is 0 Å². The number of hydrazine groups is 2. The van der Waals surface area contributed by atoms with Crippen LogP contribution in [0.25, 0.3) is 0 Å². The Morgan fingerprint density at radius 2 is 2.00 bits per heavy atom. The van der Waals surface area contributed by atoms with Crippen LogP contribution in [-0.4, -0.2) is 11.1 Å². The van der Waals surface area contributed by atoms with Gasteiger partial charge in [0.1, 0.15) is 0 Å². The van der Waals surface area contributed by atoms with E-state index in [0.717, 1.165) is 0 Å². The molecule has 0 fully saturated rings. The average molecular weight is 216 g/mol. The van der Waals surface area contributed by atoms with Crippen LogP contribution in [0.1, 0.15) is 0 Å². The smallest absolute Gasteiger partial charge is 0.364 e. The molecule has 60 valence electrons. The largest absolute Gasteiger partial charge is 0.537 e. The molecule has 0 saturated carbocycles. The van der Waals surface area contributed by atoms with E-state index >= 15 is 0 Å². The Kier molecular flexibility index (Phi) is 3.99. The monoisotopic (exact) mass is 215 g/mol. The standard InChI is InChI=1S/CH6BrN5O3/c3-1(7(4)5)6-10-2(8)9/h4-5H2,(H2,3,6). The lowest BCUT2D eigenvalue weighted by Gasteiger charge is -2.05. The third-order valence-electron chi connectivity index (χ3n) is 0.449. The summed E-state index contributed by atoms with van der Waals surface area (Å²) in [5.74, 6) is 9.17. The van der Waals surface area contributed by atoms with Crippen molar-refractivity contribution in [1.82, 2.24) is 5.12 Å². The summed E-state index contributed by atoms with van der Waals surface area (Å²) in [6, 6.07) is 0. The predicted octanol–water partition coefficient (Wildman–Crippen LogP) is -4.63. The van der Waals surface area contributed by atoms with E-state index in [-0.39, 0.29) is 0 Å². The molecule has 0 heterocycles. The normalized spacial score (nSPS) is 11.9. The molecule has 0 aliphatic heterocycles. The quantitative estimate of drug-likeness (QED) is 0.182. The highest BCUT2D eigenvalue weighted by atomic mass is 80.0. The van der Waals surface area contributed by atoms with Gasteiger partial charge < -0.3 is 14.1 Å². The SMILES string of the molecule is N/C(=N\O[Br+2]([O-])[O-])N(N)N. The predicted molar refractivity (Wildman–Crippen MR) is 22.9 cm³/mol. The summed E-state index contributed by atoms with van der Waals surface area (Å²) in [5, 5.41) is 3.24. The summed E-state index contributed by atoms with van der Waals surface area (Å²) in [5.41, 5.74) is 4.90. The molecule has 0 unspecified atom stereocenters. The highest BCUT2D eigenvalue weighted by Crippen LogP contribution is 1.78. The van der Waals surface area contributed by atoms with Crippen LogP contribution in [0.3, 0.4) is 0 Å². The second-order valence-electron chi connectivity index (χ2n) is 1.11. The van der Waals surface area contributed by atoms with Crippen LogP contribution in [0, 0.1) is 14.8 Å². The van der Waals surface area contributed by atoms with E-state index in [9.17, 15) is 8.40 Å². The Hall–Kier alpha value is -0.610. The van der Waals surface area contributed by atoms with Gasteiger partial charge in [-0.05, 0) is 3.93 Å². The van der Waals surface area contributed by atoms with Gasteiger partial charge in [-0.2, -0.15) is 0 Å². The fourth-order valence-corrected chi connectivity index (χ4v) is 0.377. The fraction of sp³-hybridized carbons (Fsp3) is 0. The number of hydrogen-bond donors (Lipinski definition) is 3. The fourth-order valence-electron chi connectivity index (χ4n) is 0.111. The van der Waals surface area contributed by atoms with Crippen LogP contribution in [0.4, 0.5) is 0 Å². The van der Waals surface area contributed by atoms with Crippen molar-refractivity contribution in [3.8, 4) is 0 Å². The molecule has 0 radical (unpaired) electrons. The molecular formula is CH6BrN5O3. The van der Waals surface area contributed by atoms with E-state index in [1.807, 2.05) is 0 Å². The zero-order chi connectivity index (χ0) is 8.15. The van der Waals surface area contributed by atoms with E-state index in [0.29, 0.717) is 5.12 Å². The molecule has 0 spiro atoms. The highest BCUT2D eigenvalue weighted by Gasteiger charge is 2.10. The lowest BCUT2D eigenvalue weighted by atomic mass is 11.1. The Labute approximate surface area is 61.6 Å². The van der Waals surface area contributed by atoms with Gasteiger partial charge in [0.25, 0.3) is 5.96 Å². The van der Waals surface area contributed by atoms with Crippen LogP contribution in [-0.2, 0) is 3.93 Å². The number of rotatable bonds is 2. The molecule has 0 aliphatic carbocycles. The first kappa shape index (κ1) is 9.39. The Bertz CT molecular complexity index is 124. The number of guanidine groups is 1. The van der Waals surface area contributed by atoms with Gasteiger partial charge >= 0.3 is 14.8 Å². The summed E-state index contributed by atoms with van der Waals surface area (Å²) in [6.07, 6.45) is 0. The van der Waals surface area contributed by atoms with E-state index in [1.165, 1.54) is 0 Å². The van der Waals surface area contributed by atoms with Crippen molar-refractivity contribution in [2.75, 3.05) is 0 Å². The van der Waals surface area contributed by atoms with Crippen molar-refractivity contribution < 1.29 is 27.1 Å². The third kappa shape index (κ3) is 4.29. The van der Waals surface area contributed by atoms with Crippen molar-refractivity contribution in [2.24, 2.45) is 22.6 Å². The van der Waals surface area contributed by atoms with Crippen molar-refractivity contribution >= 4 is 5.96 Å². The maximum Gasteiger partial charge on any atom is 0.537 e. The minimum Gasteiger partial charge on any atom is -0.364 e. The van der Waals surface area contributed by atoms with Gasteiger partial charge in [-0.3, -0.25) is 0 Å². The zero-order valence-corrected chi connectivity index (χ0v) is 6.32. The van der Waals surface area contributed by atoms with Crippen LogP contribution in [0.15, 0.2) is 5.16 Å². The first-order valence-corrected chi connectivity index (χ1v) is 3.84. The van der Waals surface area contributed by atoms with Gasteiger partial charge in [-0.15, -0.1) is 0 Å². The topological polar surface area (TPSA) is 149 Å². The van der Waals surface area contributed by atoms with Crippen molar-refractivity contribution in [1.29, 1.82) is 0 Å². The van der Waals surface area contributed by atoms with E-state index in [2.05, 4.69) is 9.08 Å². The van der Waals surface area contributed by atoms with E-state index < -0.39 is 20.8 Å². The summed E-state index contributed by atoms with van der Waals surface area (Å²) in [7, 11) is 0. The van der Waals surface area contributed by atoms with E-state index in [4.69, 9.17) is 17.4 Å². The third-order valence-corrected chi connectivity index (χ3v) is 0.830. The van der Waals surface area contributed by atoms with Crippen molar-refractivity contribution in [3.05, 3.63) is 0 Å². The molecule has 0 saturated heterocycles. The Balaban J connectivity index is 3.69. The highest BCUT2D eigenvalue weighted by molar-refractivity contribution is 5.75. The molecule has 0 bridgehead atoms. The number of halogens is 1. The number of hydrogen-bond acceptors (Lipinski definition) is 6. The van der Waals surface area contributed by atoms with Crippen LogP contribution < -0.4 is 25.8 Å². The Morgan fingerprint density at radius 1 is 1.50 bits per heavy atom. The molecule has 0 atom stereocenters. The van der Waals surface area contributed by atoms with Gasteiger partial charge in [0, 0.05) is 0 Å². The van der Waals surface area contributed by atoms with Gasteiger partial charge in [-0.25, -0.2) is 16.8 Å². The molecule has 8 nitrogen and oxygen atoms in total. The van der Waals surface area contributed by atoms with E-state index in [1.54, 1.807) is 0 Å². The molecule has 0 aromatic carbocycles. The van der Waals surface area contributed by atoms with Gasteiger partial charge in [0.05, 0.1) is 5.16 Å². The lowest BCUT2D eigenvalue weighted by Crippen LogP contribution is -2.48. The molecule has 0 aliphatic rings. The number of nitrogens with zero attached hydrogens (tertiary/aromatic N) is 2. The molecule has 9 heteroatoms. The van der Waals surface area contributed by atoms with Crippen LogP contribution in [0.2, 0.25) is 0 Å². The second kappa shape index (κ2) is 4.24. The number of oxime groups is 1. The molecular weight excluding hydrogens is 210 g/mol. The van der Waals surface area contributed by atoms with Crippen LogP contribution in [0.5, 0.6) is 0 Å². The van der Waals surface area contributed by atoms with Gasteiger partial charge in [0.2, 0.25) is 0 Å². The zero-order valence-electron chi connectivity index (χ0n) is 4.73. The molecule has 0 aromatic rings. The van der Waals surface area contributed by atoms with Crippen molar-refractivity contribution in [3.63, 3.8) is 0 Å². The molecule has 10 heavy (non-hydrogen) atoms. The summed E-state index contributed by atoms with van der Waals surface area (Å²) in [4.78, 5) is 0. The summed E-state index contributed by atoms with van der Waals surface area (Å²) >= 11 is -3.39. The molecule has 0 amide bonds. The van der Waals surface area contributed by atoms with Gasteiger partial charge in [0.15, 0.2) is 0 Å². The lowest BCUT2D eigenvalue weighted by molar-refractivity contribution is -1.63. The number of nitrogens with two attached hydrogens (primary N) is 3. The second-order valence-corrected chi connectivity index (χ2v) is 2.20. The minimum absolute atomic E-state index is 0.422. The van der Waals surface area contributed by atoms with Gasteiger partial charge in [-0.1, -0.05) is 0 Å². The van der Waals surface area contributed by atoms with Crippen molar-refractivity contribution in [2.45, 2.75) is 0 Å². The molecule has 0 rings (SSSR count). The molecule has 0 aromatic heterocycles. The maximum atomic E-state index is 9.72. The minimum atomic E-state index is -3.39.